The number of aromatic nitrogens is 4. The Bertz CT molecular complexity index is 613. The number of nitrogens with one attached hydrogen (secondary N) is 1. The molecule has 0 aromatic carbocycles. The number of carboxylic acids is 1. The number of nitrogens with zero attached hydrogens (tertiary/aromatic N) is 4. The Labute approximate surface area is 102 Å². The van der Waals surface area contributed by atoms with Crippen molar-refractivity contribution < 1.29 is 14.7 Å². The van der Waals surface area contributed by atoms with Gasteiger partial charge in [-0.05, 0) is 0 Å². The minimum absolute atomic E-state index is 0.00402. The van der Waals surface area contributed by atoms with Gasteiger partial charge in [0.2, 0.25) is 0 Å². The van der Waals surface area contributed by atoms with Crippen molar-refractivity contribution >= 4 is 17.7 Å². The van der Waals surface area contributed by atoms with E-state index in [0.717, 1.165) is 4.68 Å². The highest BCUT2D eigenvalue weighted by molar-refractivity contribution is 6.09. The Morgan fingerprint density at radius 2 is 2.11 bits per heavy atom. The van der Waals surface area contributed by atoms with E-state index in [9.17, 15) is 9.59 Å². The molecule has 0 bridgehead atoms. The molecule has 0 radical (unpaired) electrons. The number of carbonyl (C=O) groups is 2. The highest BCUT2D eigenvalue weighted by Gasteiger charge is 2.21. The number of carboxylic acid groups (broad SMARTS) is 1. The first-order valence-electron chi connectivity index (χ1n) is 5.05. The predicted octanol–water partition coefficient (Wildman–Crippen LogP) is 0.104. The molecule has 0 aliphatic rings. The maximum atomic E-state index is 11.9. The molecule has 0 saturated heterocycles. The summed E-state index contributed by atoms with van der Waals surface area (Å²) in [5.41, 5.74) is -0.168. The lowest BCUT2D eigenvalue weighted by Gasteiger charge is -2.01. The van der Waals surface area contributed by atoms with Gasteiger partial charge in [-0.1, -0.05) is 0 Å². The van der Waals surface area contributed by atoms with E-state index in [4.69, 9.17) is 5.11 Å². The molecule has 2 N–H and O–H groups in total. The van der Waals surface area contributed by atoms with Crippen molar-refractivity contribution in [1.29, 1.82) is 0 Å². The first-order chi connectivity index (χ1) is 8.49. The summed E-state index contributed by atoms with van der Waals surface area (Å²) in [6.07, 6.45) is 2.87. The Kier molecular flexibility index (Phi) is 2.84. The molecule has 0 aliphatic carbocycles. The number of rotatable bonds is 3. The first kappa shape index (κ1) is 11.8. The molecular formula is C10H11N5O3. The van der Waals surface area contributed by atoms with Gasteiger partial charge in [-0.3, -0.25) is 14.2 Å². The third-order valence-electron chi connectivity index (χ3n) is 2.34. The van der Waals surface area contributed by atoms with Gasteiger partial charge in [0.25, 0.3) is 5.91 Å². The summed E-state index contributed by atoms with van der Waals surface area (Å²) in [6.45, 7) is 0. The zero-order chi connectivity index (χ0) is 13.3. The Balaban J connectivity index is 2.27. The van der Waals surface area contributed by atoms with Crippen LogP contribution in [0.15, 0.2) is 18.5 Å². The van der Waals surface area contributed by atoms with Crippen LogP contribution >= 0.6 is 0 Å². The molecule has 8 nitrogen and oxygen atoms in total. The van der Waals surface area contributed by atoms with Gasteiger partial charge in [-0.2, -0.15) is 10.2 Å². The molecule has 2 heterocycles. The summed E-state index contributed by atoms with van der Waals surface area (Å²) in [6, 6.07) is 1.61. The second kappa shape index (κ2) is 4.32. The molecular weight excluding hydrogens is 238 g/mol. The second-order valence-electron chi connectivity index (χ2n) is 3.66. The number of amides is 1. The van der Waals surface area contributed by atoms with Crippen LogP contribution < -0.4 is 5.32 Å². The molecule has 0 aliphatic heterocycles. The molecule has 94 valence electrons. The van der Waals surface area contributed by atoms with E-state index in [1.807, 2.05) is 0 Å². The molecule has 0 atom stereocenters. The average molecular weight is 249 g/mol. The first-order valence-corrected chi connectivity index (χ1v) is 5.05. The summed E-state index contributed by atoms with van der Waals surface area (Å²) in [7, 11) is 3.17. The van der Waals surface area contributed by atoms with Crippen molar-refractivity contribution in [2.75, 3.05) is 5.32 Å². The van der Waals surface area contributed by atoms with E-state index in [2.05, 4.69) is 15.5 Å². The van der Waals surface area contributed by atoms with Gasteiger partial charge in [0.1, 0.15) is 0 Å². The molecule has 8 heteroatoms. The van der Waals surface area contributed by atoms with E-state index in [-0.39, 0.29) is 11.3 Å². The minimum Gasteiger partial charge on any atom is -0.477 e. The van der Waals surface area contributed by atoms with Crippen LogP contribution in [0.2, 0.25) is 0 Å². The number of hydrogen-bond donors (Lipinski definition) is 2. The van der Waals surface area contributed by atoms with Crippen LogP contribution in [-0.4, -0.2) is 36.5 Å². The van der Waals surface area contributed by atoms with Crippen molar-refractivity contribution in [3.05, 3.63) is 29.7 Å². The number of aryl methyl sites for hydroxylation is 2. The summed E-state index contributed by atoms with van der Waals surface area (Å²) in [4.78, 5) is 22.9. The summed E-state index contributed by atoms with van der Waals surface area (Å²) >= 11 is 0. The molecule has 0 fully saturated rings. The number of anilines is 1. The topological polar surface area (TPSA) is 102 Å². The molecule has 1 amide bonds. The molecule has 0 saturated carbocycles. The Morgan fingerprint density at radius 1 is 1.39 bits per heavy atom. The fourth-order valence-electron chi connectivity index (χ4n) is 1.52. The van der Waals surface area contributed by atoms with Crippen LogP contribution in [0.5, 0.6) is 0 Å². The zero-order valence-electron chi connectivity index (χ0n) is 9.78. The predicted molar refractivity (Wildman–Crippen MR) is 61.3 cm³/mol. The van der Waals surface area contributed by atoms with E-state index in [1.54, 1.807) is 19.3 Å². The van der Waals surface area contributed by atoms with Crippen LogP contribution in [0.3, 0.4) is 0 Å². The molecule has 0 spiro atoms. The monoisotopic (exact) mass is 249 g/mol. The fraction of sp³-hybridized carbons (Fsp3) is 0.200. The van der Waals surface area contributed by atoms with Crippen molar-refractivity contribution in [3.63, 3.8) is 0 Å². The SMILES string of the molecule is Cn1ccc(NC(=O)c2cnn(C)c2C(=O)O)n1. The summed E-state index contributed by atoms with van der Waals surface area (Å²) < 4.78 is 2.66. The van der Waals surface area contributed by atoms with Crippen LogP contribution in [0, 0.1) is 0 Å². The third-order valence-corrected chi connectivity index (χ3v) is 2.34. The Hall–Kier alpha value is -2.64. The van der Waals surface area contributed by atoms with Gasteiger partial charge < -0.3 is 10.4 Å². The fourth-order valence-corrected chi connectivity index (χ4v) is 1.52. The van der Waals surface area contributed by atoms with Gasteiger partial charge in [0.15, 0.2) is 11.5 Å². The average Bonchev–Trinajstić information content (AvgIpc) is 2.84. The lowest BCUT2D eigenvalue weighted by atomic mass is 10.2. The number of carbonyl (C=O) groups excluding carboxylic acids is 1. The zero-order valence-corrected chi connectivity index (χ0v) is 9.78. The molecule has 0 unspecified atom stereocenters. The maximum Gasteiger partial charge on any atom is 0.354 e. The van der Waals surface area contributed by atoms with Gasteiger partial charge >= 0.3 is 5.97 Å². The van der Waals surface area contributed by atoms with Crippen molar-refractivity contribution in [3.8, 4) is 0 Å². The van der Waals surface area contributed by atoms with E-state index in [1.165, 1.54) is 17.9 Å². The molecule has 18 heavy (non-hydrogen) atoms. The maximum absolute atomic E-state index is 11.9. The van der Waals surface area contributed by atoms with Crippen LogP contribution in [0.4, 0.5) is 5.82 Å². The van der Waals surface area contributed by atoms with Crippen LogP contribution in [-0.2, 0) is 14.1 Å². The lowest BCUT2D eigenvalue weighted by molar-refractivity contribution is 0.0680. The van der Waals surface area contributed by atoms with Crippen molar-refractivity contribution in [1.82, 2.24) is 19.6 Å². The smallest absolute Gasteiger partial charge is 0.354 e. The van der Waals surface area contributed by atoms with E-state index >= 15 is 0 Å². The third kappa shape index (κ3) is 2.08. The van der Waals surface area contributed by atoms with Crippen LogP contribution in [0.1, 0.15) is 20.8 Å². The summed E-state index contributed by atoms with van der Waals surface area (Å²) in [5.74, 6) is -1.41. The standard InChI is InChI=1S/C10H11N5O3/c1-14-4-3-7(13-14)12-9(16)6-5-11-15(2)8(6)10(17)18/h3-5H,1-2H3,(H,17,18)(H,12,13,16). The lowest BCUT2D eigenvalue weighted by Crippen LogP contribution is -2.17. The molecule has 2 aromatic heterocycles. The normalized spacial score (nSPS) is 10.3. The number of aromatic carboxylic acids is 1. The van der Waals surface area contributed by atoms with E-state index < -0.39 is 11.9 Å². The largest absolute Gasteiger partial charge is 0.477 e. The van der Waals surface area contributed by atoms with Crippen LogP contribution in [0.25, 0.3) is 0 Å². The molecule has 2 aromatic rings. The second-order valence-corrected chi connectivity index (χ2v) is 3.66. The Morgan fingerprint density at radius 3 is 2.67 bits per heavy atom. The van der Waals surface area contributed by atoms with E-state index in [0.29, 0.717) is 5.82 Å². The van der Waals surface area contributed by atoms with Gasteiger partial charge in [0.05, 0.1) is 11.8 Å². The van der Waals surface area contributed by atoms with Gasteiger partial charge in [0, 0.05) is 26.4 Å². The van der Waals surface area contributed by atoms with Gasteiger partial charge in [-0.25, -0.2) is 4.79 Å². The molecule has 2 rings (SSSR count). The summed E-state index contributed by atoms with van der Waals surface area (Å²) in [5, 5.41) is 19.2. The highest BCUT2D eigenvalue weighted by atomic mass is 16.4. The quantitative estimate of drug-likeness (QED) is 0.803. The van der Waals surface area contributed by atoms with Gasteiger partial charge in [-0.15, -0.1) is 0 Å². The minimum atomic E-state index is -1.21. The van der Waals surface area contributed by atoms with Crippen molar-refractivity contribution in [2.24, 2.45) is 14.1 Å². The highest BCUT2D eigenvalue weighted by Crippen LogP contribution is 2.10. The number of hydrogen-bond acceptors (Lipinski definition) is 4. The van der Waals surface area contributed by atoms with Crippen molar-refractivity contribution in [2.45, 2.75) is 0 Å².